The molecule has 0 bridgehead atoms. The van der Waals surface area contributed by atoms with Gasteiger partial charge in [-0.05, 0) is 13.8 Å². The SMILES string of the molecule is CC1=C(O)C(=O)[C@@](C)(O)S1. The van der Waals surface area contributed by atoms with Crippen LogP contribution in [0.1, 0.15) is 13.8 Å². The average Bonchev–Trinajstić information content (AvgIpc) is 1.95. The molecule has 2 N–H and O–H groups in total. The molecule has 0 amide bonds. The predicted octanol–water partition coefficient (Wildman–Crippen LogP) is 0.800. The van der Waals surface area contributed by atoms with Crippen molar-refractivity contribution in [2.75, 3.05) is 0 Å². The molecule has 0 aromatic carbocycles. The Labute approximate surface area is 62.7 Å². The lowest BCUT2D eigenvalue weighted by Gasteiger charge is -2.11. The van der Waals surface area contributed by atoms with Crippen LogP contribution in [-0.2, 0) is 4.79 Å². The Morgan fingerprint density at radius 3 is 2.20 bits per heavy atom. The molecule has 3 nitrogen and oxygen atoms in total. The van der Waals surface area contributed by atoms with Crippen LogP contribution in [-0.4, -0.2) is 20.9 Å². The van der Waals surface area contributed by atoms with Crippen LogP contribution in [0.25, 0.3) is 0 Å². The number of carbonyl (C=O) groups excluding carboxylic acids is 1. The van der Waals surface area contributed by atoms with Crippen molar-refractivity contribution < 1.29 is 15.0 Å². The number of hydrogen-bond acceptors (Lipinski definition) is 4. The maximum Gasteiger partial charge on any atom is 0.239 e. The number of ketones is 1. The van der Waals surface area contributed by atoms with Crippen molar-refractivity contribution in [2.24, 2.45) is 0 Å². The van der Waals surface area contributed by atoms with Crippen LogP contribution in [0.15, 0.2) is 10.7 Å². The molecule has 56 valence electrons. The van der Waals surface area contributed by atoms with E-state index in [-0.39, 0.29) is 5.76 Å². The second-order valence-electron chi connectivity index (χ2n) is 2.32. The number of rotatable bonds is 0. The van der Waals surface area contributed by atoms with E-state index in [0.29, 0.717) is 4.91 Å². The third-order valence-corrected chi connectivity index (χ3v) is 2.40. The number of allylic oxidation sites excluding steroid dienone is 1. The number of aliphatic hydroxyl groups excluding tert-OH is 1. The van der Waals surface area contributed by atoms with Gasteiger partial charge in [-0.2, -0.15) is 0 Å². The molecule has 0 aromatic heterocycles. The molecule has 1 atom stereocenters. The van der Waals surface area contributed by atoms with Crippen molar-refractivity contribution in [3.8, 4) is 0 Å². The molecule has 1 aliphatic heterocycles. The number of hydrogen-bond donors (Lipinski definition) is 2. The summed E-state index contributed by atoms with van der Waals surface area (Å²) in [6.45, 7) is 2.96. The van der Waals surface area contributed by atoms with Gasteiger partial charge in [-0.3, -0.25) is 4.79 Å². The van der Waals surface area contributed by atoms with Gasteiger partial charge in [0.25, 0.3) is 0 Å². The summed E-state index contributed by atoms with van der Waals surface area (Å²) in [6, 6.07) is 0. The molecule has 4 heteroatoms. The topological polar surface area (TPSA) is 57.5 Å². The molecular weight excluding hydrogens is 152 g/mol. The molecule has 1 aliphatic rings. The molecule has 0 saturated heterocycles. The minimum absolute atomic E-state index is 0.310. The van der Waals surface area contributed by atoms with Gasteiger partial charge in [0.2, 0.25) is 5.78 Å². The zero-order chi connectivity index (χ0) is 7.94. The van der Waals surface area contributed by atoms with E-state index in [1.165, 1.54) is 6.92 Å². The van der Waals surface area contributed by atoms with E-state index in [1.54, 1.807) is 6.92 Å². The van der Waals surface area contributed by atoms with Gasteiger partial charge in [0.15, 0.2) is 10.7 Å². The van der Waals surface area contributed by atoms with Crippen LogP contribution in [0.4, 0.5) is 0 Å². The summed E-state index contributed by atoms with van der Waals surface area (Å²) in [6.07, 6.45) is 0. The standard InChI is InChI=1S/C6H8O3S/c1-3-4(7)5(8)6(2,9)10-3/h7,9H,1-2H3/t6-/m0/s1. The van der Waals surface area contributed by atoms with E-state index in [0.717, 1.165) is 11.8 Å². The largest absolute Gasteiger partial charge is 0.504 e. The monoisotopic (exact) mass is 160 g/mol. The highest BCUT2D eigenvalue weighted by molar-refractivity contribution is 8.05. The van der Waals surface area contributed by atoms with Crippen LogP contribution in [0, 0.1) is 0 Å². The fourth-order valence-corrected chi connectivity index (χ4v) is 1.75. The van der Waals surface area contributed by atoms with Gasteiger partial charge >= 0.3 is 0 Å². The summed E-state index contributed by atoms with van der Waals surface area (Å²) in [5.41, 5.74) is 0. The predicted molar refractivity (Wildman–Crippen MR) is 38.6 cm³/mol. The van der Waals surface area contributed by atoms with Gasteiger partial charge in [0.1, 0.15) is 0 Å². The van der Waals surface area contributed by atoms with E-state index >= 15 is 0 Å². The fourth-order valence-electron chi connectivity index (χ4n) is 0.772. The molecule has 1 heterocycles. The number of carbonyl (C=O) groups is 1. The first-order valence-corrected chi connectivity index (χ1v) is 3.63. The van der Waals surface area contributed by atoms with Crippen molar-refractivity contribution in [1.82, 2.24) is 0 Å². The number of aliphatic hydroxyl groups is 2. The summed E-state index contributed by atoms with van der Waals surface area (Å²) >= 11 is 0.975. The van der Waals surface area contributed by atoms with E-state index < -0.39 is 10.7 Å². The zero-order valence-electron chi connectivity index (χ0n) is 5.71. The van der Waals surface area contributed by atoms with Crippen molar-refractivity contribution in [2.45, 2.75) is 18.8 Å². The first-order chi connectivity index (χ1) is 4.45. The van der Waals surface area contributed by atoms with Gasteiger partial charge in [0, 0.05) is 4.91 Å². The van der Waals surface area contributed by atoms with Crippen LogP contribution in [0.5, 0.6) is 0 Å². The molecular formula is C6H8O3S. The molecule has 0 spiro atoms. The van der Waals surface area contributed by atoms with Crippen molar-refractivity contribution in [3.05, 3.63) is 10.7 Å². The van der Waals surface area contributed by atoms with Crippen molar-refractivity contribution >= 4 is 17.5 Å². The van der Waals surface area contributed by atoms with Crippen LogP contribution in [0.3, 0.4) is 0 Å². The Morgan fingerprint density at radius 1 is 1.60 bits per heavy atom. The molecule has 10 heavy (non-hydrogen) atoms. The van der Waals surface area contributed by atoms with Crippen molar-refractivity contribution in [3.63, 3.8) is 0 Å². The minimum atomic E-state index is -1.45. The van der Waals surface area contributed by atoms with Gasteiger partial charge in [-0.15, -0.1) is 0 Å². The summed E-state index contributed by atoms with van der Waals surface area (Å²) < 4.78 is 0. The quantitative estimate of drug-likeness (QED) is 0.550. The van der Waals surface area contributed by atoms with E-state index in [2.05, 4.69) is 0 Å². The Balaban J connectivity index is 2.99. The Bertz CT molecular complexity index is 217. The summed E-state index contributed by atoms with van der Waals surface area (Å²) in [5.74, 6) is -0.912. The normalized spacial score (nSPS) is 33.7. The number of Topliss-reactive ketones (excluding diaryl/α,β-unsaturated/α-hetero) is 1. The maximum atomic E-state index is 10.9. The molecule has 0 radical (unpaired) electrons. The Hall–Kier alpha value is -0.480. The second-order valence-corrected chi connectivity index (χ2v) is 3.93. The lowest BCUT2D eigenvalue weighted by molar-refractivity contribution is -0.126. The molecule has 0 aromatic rings. The van der Waals surface area contributed by atoms with E-state index in [9.17, 15) is 9.90 Å². The molecule has 0 unspecified atom stereocenters. The third kappa shape index (κ3) is 0.932. The number of thioether (sulfide) groups is 1. The van der Waals surface area contributed by atoms with E-state index in [4.69, 9.17) is 5.11 Å². The summed E-state index contributed by atoms with van der Waals surface area (Å²) in [5, 5.41) is 18.2. The van der Waals surface area contributed by atoms with Gasteiger partial charge in [0.05, 0.1) is 0 Å². The Kier molecular flexibility index (Phi) is 1.53. The zero-order valence-corrected chi connectivity index (χ0v) is 6.53. The molecule has 0 saturated carbocycles. The highest BCUT2D eigenvalue weighted by atomic mass is 32.2. The van der Waals surface area contributed by atoms with E-state index in [1.807, 2.05) is 0 Å². The lowest BCUT2D eigenvalue weighted by Crippen LogP contribution is -2.27. The first kappa shape index (κ1) is 7.63. The smallest absolute Gasteiger partial charge is 0.239 e. The van der Waals surface area contributed by atoms with Crippen LogP contribution in [0.2, 0.25) is 0 Å². The Morgan fingerprint density at radius 2 is 2.10 bits per heavy atom. The third-order valence-electron chi connectivity index (χ3n) is 1.32. The summed E-state index contributed by atoms with van der Waals surface area (Å²) in [7, 11) is 0. The van der Waals surface area contributed by atoms with Gasteiger partial charge < -0.3 is 10.2 Å². The fraction of sp³-hybridized carbons (Fsp3) is 0.500. The van der Waals surface area contributed by atoms with Gasteiger partial charge in [-0.25, -0.2) is 0 Å². The lowest BCUT2D eigenvalue weighted by atomic mass is 10.2. The van der Waals surface area contributed by atoms with Crippen molar-refractivity contribution in [1.29, 1.82) is 0 Å². The highest BCUT2D eigenvalue weighted by Gasteiger charge is 2.41. The molecule has 0 aliphatic carbocycles. The van der Waals surface area contributed by atoms with Crippen LogP contribution >= 0.6 is 11.8 Å². The average molecular weight is 160 g/mol. The van der Waals surface area contributed by atoms with Crippen LogP contribution < -0.4 is 0 Å². The minimum Gasteiger partial charge on any atom is -0.504 e. The first-order valence-electron chi connectivity index (χ1n) is 2.81. The van der Waals surface area contributed by atoms with Gasteiger partial charge in [-0.1, -0.05) is 11.8 Å². The summed E-state index contributed by atoms with van der Waals surface area (Å²) in [4.78, 5) is 9.89. The molecule has 0 fully saturated rings. The molecule has 1 rings (SSSR count). The highest BCUT2D eigenvalue weighted by Crippen LogP contribution is 2.39. The second kappa shape index (κ2) is 2.00. The maximum absolute atomic E-state index is 10.9.